The molecule has 0 radical (unpaired) electrons. The Morgan fingerprint density at radius 3 is 2.70 bits per heavy atom. The van der Waals surface area contributed by atoms with Gasteiger partial charge in [0, 0.05) is 12.5 Å². The molecule has 1 amide bonds. The average Bonchev–Trinajstić information content (AvgIpc) is 3.04. The molecule has 0 aromatic rings. The van der Waals surface area contributed by atoms with E-state index in [0.717, 1.165) is 6.34 Å². The minimum atomic E-state index is -1.13. The predicted molar refractivity (Wildman–Crippen MR) is 79.6 cm³/mol. The molecule has 3 rings (SSSR count). The number of aliphatic carboxylic acids is 1. The van der Waals surface area contributed by atoms with Gasteiger partial charge in [0.2, 0.25) is 5.91 Å². The fraction of sp³-hybridized carbons (Fsp3) is 0.667. The number of hydrogen-bond donors (Lipinski definition) is 4. The summed E-state index contributed by atoms with van der Waals surface area (Å²) >= 11 is 0. The van der Waals surface area contributed by atoms with Crippen molar-refractivity contribution in [2.24, 2.45) is 11.8 Å². The molecule has 3 aliphatic rings. The first-order chi connectivity index (χ1) is 10.9. The molecular weight excluding hydrogens is 302 g/mol. The largest absolute Gasteiger partial charge is 0.477 e. The summed E-state index contributed by atoms with van der Waals surface area (Å²) in [5, 5.41) is 36.1. The number of β-lactam (4-membered cyclic amide) rings is 1. The van der Waals surface area contributed by atoms with Crippen LogP contribution < -0.4 is 0 Å². The van der Waals surface area contributed by atoms with Gasteiger partial charge in [-0.3, -0.25) is 10.2 Å². The highest BCUT2D eigenvalue weighted by Crippen LogP contribution is 2.47. The predicted octanol–water partition coefficient (Wildman–Crippen LogP) is -0.774. The maximum Gasteiger partial charge on any atom is 0.352 e. The zero-order valence-electron chi connectivity index (χ0n) is 12.8. The Hall–Kier alpha value is -1.93. The molecule has 4 N–H and O–H groups in total. The van der Waals surface area contributed by atoms with Crippen LogP contribution in [0.1, 0.15) is 19.8 Å². The first kappa shape index (κ1) is 15.9. The number of amides is 1. The lowest BCUT2D eigenvalue weighted by atomic mass is 9.81. The second-order valence-electron chi connectivity index (χ2n) is 6.52. The Morgan fingerprint density at radius 1 is 1.52 bits per heavy atom. The first-order valence-corrected chi connectivity index (χ1v) is 7.75. The quantitative estimate of drug-likeness (QED) is 0.299. The molecule has 1 unspecified atom stereocenters. The van der Waals surface area contributed by atoms with Gasteiger partial charge in [-0.05, 0) is 25.3 Å². The van der Waals surface area contributed by atoms with E-state index in [1.807, 2.05) is 0 Å². The molecule has 3 heterocycles. The number of nitrogens with one attached hydrogen (secondary N) is 1. The number of nitrogens with zero attached hydrogens (tertiary/aromatic N) is 2. The molecule has 0 spiro atoms. The fourth-order valence-corrected chi connectivity index (χ4v) is 4.20. The number of likely N-dealkylation sites (tertiary alicyclic amines) is 1. The van der Waals surface area contributed by atoms with Crippen molar-refractivity contribution < 1.29 is 24.9 Å². The number of rotatable bonds is 5. The van der Waals surface area contributed by atoms with Crippen molar-refractivity contribution in [1.29, 1.82) is 5.41 Å². The van der Waals surface area contributed by atoms with E-state index in [0.29, 0.717) is 25.0 Å². The Morgan fingerprint density at radius 2 is 2.22 bits per heavy atom. The van der Waals surface area contributed by atoms with Crippen LogP contribution in [-0.2, 0) is 9.59 Å². The summed E-state index contributed by atoms with van der Waals surface area (Å²) in [6, 6.07) is -0.484. The van der Waals surface area contributed by atoms with Gasteiger partial charge in [-0.15, -0.1) is 0 Å². The van der Waals surface area contributed by atoms with Crippen molar-refractivity contribution in [1.82, 2.24) is 9.80 Å². The molecule has 2 fully saturated rings. The lowest BCUT2D eigenvalue weighted by Crippen LogP contribution is -2.61. The van der Waals surface area contributed by atoms with Crippen LogP contribution in [0, 0.1) is 17.2 Å². The zero-order chi connectivity index (χ0) is 16.9. The number of carboxylic acid groups (broad SMARTS) is 1. The van der Waals surface area contributed by atoms with Crippen LogP contribution in [0.25, 0.3) is 0 Å². The number of aliphatic hydroxyl groups is 2. The summed E-state index contributed by atoms with van der Waals surface area (Å²) in [6.07, 6.45) is 1.36. The minimum absolute atomic E-state index is 0.0328. The van der Waals surface area contributed by atoms with Crippen LogP contribution in [0.15, 0.2) is 11.3 Å². The van der Waals surface area contributed by atoms with Crippen molar-refractivity contribution in [3.63, 3.8) is 0 Å². The molecule has 8 heteroatoms. The number of carboxylic acids is 1. The Bertz CT molecular complexity index is 588. The minimum Gasteiger partial charge on any atom is -0.477 e. The molecule has 5 atom stereocenters. The third-order valence-electron chi connectivity index (χ3n) is 5.29. The molecule has 0 aromatic heterocycles. The Labute approximate surface area is 133 Å². The highest BCUT2D eigenvalue weighted by molar-refractivity contribution is 5.99. The lowest BCUT2D eigenvalue weighted by molar-refractivity contribution is -0.161. The molecule has 2 saturated heterocycles. The normalized spacial score (nSPS) is 34.5. The molecule has 0 saturated carbocycles. The molecule has 126 valence electrons. The molecule has 3 aliphatic heterocycles. The third kappa shape index (κ3) is 2.24. The van der Waals surface area contributed by atoms with Crippen molar-refractivity contribution >= 4 is 18.2 Å². The molecule has 23 heavy (non-hydrogen) atoms. The Balaban J connectivity index is 1.89. The number of aliphatic hydroxyl groups excluding tert-OH is 2. The molecule has 0 bridgehead atoms. The third-order valence-corrected chi connectivity index (χ3v) is 5.29. The summed E-state index contributed by atoms with van der Waals surface area (Å²) in [4.78, 5) is 26.8. The van der Waals surface area contributed by atoms with Crippen molar-refractivity contribution in [3.05, 3.63) is 11.3 Å². The first-order valence-electron chi connectivity index (χ1n) is 7.75. The maximum atomic E-state index is 12.2. The second kappa shape index (κ2) is 5.61. The summed E-state index contributed by atoms with van der Waals surface area (Å²) in [7, 11) is 0. The van der Waals surface area contributed by atoms with Crippen LogP contribution in [0.5, 0.6) is 0 Å². The molecule has 0 aliphatic carbocycles. The van der Waals surface area contributed by atoms with E-state index >= 15 is 0 Å². The monoisotopic (exact) mass is 323 g/mol. The van der Waals surface area contributed by atoms with Crippen LogP contribution in [0.3, 0.4) is 0 Å². The van der Waals surface area contributed by atoms with Gasteiger partial charge in [-0.2, -0.15) is 0 Å². The van der Waals surface area contributed by atoms with E-state index in [-0.39, 0.29) is 36.2 Å². The summed E-state index contributed by atoms with van der Waals surface area (Å²) < 4.78 is 0. The number of carbonyl (C=O) groups excluding carboxylic acids is 1. The van der Waals surface area contributed by atoms with E-state index in [2.05, 4.69) is 0 Å². The van der Waals surface area contributed by atoms with Gasteiger partial charge in [-0.1, -0.05) is 0 Å². The van der Waals surface area contributed by atoms with Crippen LogP contribution in [0.4, 0.5) is 0 Å². The SMILES string of the molecule is C[C@@H](O)[C@H]1C(=O)N2C(C(=O)O)=C(C3C[C@@H](CO)N(C=N)C3)C[C@H]12. The highest BCUT2D eigenvalue weighted by Gasteiger charge is 2.57. The van der Waals surface area contributed by atoms with Crippen molar-refractivity contribution in [3.8, 4) is 0 Å². The van der Waals surface area contributed by atoms with Gasteiger partial charge >= 0.3 is 5.97 Å². The standard InChI is InChI=1S/C15H21N3O5/c1-7(20)12-11-3-10(13(15(22)23)18(11)14(12)21)8-2-9(5-19)17(4-8)6-16/h6-9,11-12,16,19-20H,2-5H2,1H3,(H,22,23)/t7-,8?,9+,11-,12-/m1/s1. The van der Waals surface area contributed by atoms with Gasteiger partial charge in [-0.25, -0.2) is 4.79 Å². The molecular formula is C15H21N3O5. The lowest BCUT2D eigenvalue weighted by Gasteiger charge is -2.44. The smallest absolute Gasteiger partial charge is 0.352 e. The number of hydrogen-bond acceptors (Lipinski definition) is 5. The van der Waals surface area contributed by atoms with Crippen LogP contribution >= 0.6 is 0 Å². The van der Waals surface area contributed by atoms with E-state index < -0.39 is 18.0 Å². The van der Waals surface area contributed by atoms with E-state index in [4.69, 9.17) is 5.41 Å². The maximum absolute atomic E-state index is 12.2. The second-order valence-corrected chi connectivity index (χ2v) is 6.52. The van der Waals surface area contributed by atoms with E-state index in [9.17, 15) is 24.9 Å². The zero-order valence-corrected chi connectivity index (χ0v) is 12.8. The average molecular weight is 323 g/mol. The fourth-order valence-electron chi connectivity index (χ4n) is 4.20. The summed E-state index contributed by atoms with van der Waals surface area (Å²) in [5.74, 6) is -2.12. The highest BCUT2D eigenvalue weighted by atomic mass is 16.4. The van der Waals surface area contributed by atoms with Gasteiger partial charge in [0.05, 0.1) is 37.1 Å². The van der Waals surface area contributed by atoms with Crippen LogP contribution in [0.2, 0.25) is 0 Å². The molecule has 8 nitrogen and oxygen atoms in total. The number of carbonyl (C=O) groups is 2. The summed E-state index contributed by atoms with van der Waals surface area (Å²) in [5.41, 5.74) is 0.729. The van der Waals surface area contributed by atoms with Gasteiger partial charge in [0.15, 0.2) is 0 Å². The topological polar surface area (TPSA) is 125 Å². The van der Waals surface area contributed by atoms with Crippen molar-refractivity contribution in [2.45, 2.75) is 38.0 Å². The Kier molecular flexibility index (Phi) is 3.89. The van der Waals surface area contributed by atoms with Gasteiger partial charge in [0.25, 0.3) is 0 Å². The van der Waals surface area contributed by atoms with Crippen LogP contribution in [-0.4, -0.2) is 74.7 Å². The van der Waals surface area contributed by atoms with Crippen molar-refractivity contribution in [2.75, 3.05) is 13.2 Å². The molecule has 0 aromatic carbocycles. The van der Waals surface area contributed by atoms with Gasteiger partial charge in [0.1, 0.15) is 5.70 Å². The summed E-state index contributed by atoms with van der Waals surface area (Å²) in [6.45, 7) is 1.92. The number of fused-ring (bicyclic) bond motifs is 1. The van der Waals surface area contributed by atoms with E-state index in [1.165, 1.54) is 4.90 Å². The van der Waals surface area contributed by atoms with Gasteiger partial charge < -0.3 is 25.1 Å². The van der Waals surface area contributed by atoms with E-state index in [1.54, 1.807) is 11.8 Å².